The van der Waals surface area contributed by atoms with Gasteiger partial charge in [0.25, 0.3) is 0 Å². The molecule has 12 heteroatoms. The first-order chi connectivity index (χ1) is 16.5. The molecule has 2 aliphatic heterocycles. The molecule has 1 N–H and O–H groups in total. The number of rotatable bonds is 5. The van der Waals surface area contributed by atoms with E-state index < -0.39 is 63.7 Å². The normalized spacial score (nSPS) is 22.5. The van der Waals surface area contributed by atoms with Crippen molar-refractivity contribution in [2.24, 2.45) is 10.9 Å². The van der Waals surface area contributed by atoms with Crippen LogP contribution in [0.25, 0.3) is 0 Å². The summed E-state index contributed by atoms with van der Waals surface area (Å²) in [6, 6.07) is 8.86. The lowest BCUT2D eigenvalue weighted by atomic mass is 9.80. The van der Waals surface area contributed by atoms with Crippen LogP contribution in [0.15, 0.2) is 67.9 Å². The van der Waals surface area contributed by atoms with Crippen LogP contribution in [0.1, 0.15) is 24.8 Å². The summed E-state index contributed by atoms with van der Waals surface area (Å²) >= 11 is 6.33. The Morgan fingerprint density at radius 2 is 1.83 bits per heavy atom. The third-order valence-electron chi connectivity index (χ3n) is 5.86. The zero-order chi connectivity index (χ0) is 25.5. The number of carbonyl (C=O) groups excluding carboxylic acids is 1. The molecule has 2 heterocycles. The lowest BCUT2D eigenvalue weighted by Gasteiger charge is -2.32. The smallest absolute Gasteiger partial charge is 0.315 e. The Morgan fingerprint density at radius 3 is 2.49 bits per heavy atom. The highest BCUT2D eigenvalue weighted by molar-refractivity contribution is 7.97. The van der Waals surface area contributed by atoms with Crippen molar-refractivity contribution in [3.05, 3.63) is 69.5 Å². The van der Waals surface area contributed by atoms with Gasteiger partial charge in [-0.25, -0.2) is 21.2 Å². The second-order valence-corrected chi connectivity index (χ2v) is 12.4. The van der Waals surface area contributed by atoms with E-state index in [0.717, 1.165) is 12.1 Å². The molecule has 35 heavy (non-hydrogen) atoms. The summed E-state index contributed by atoms with van der Waals surface area (Å²) in [5.41, 5.74) is -0.527. The molecule has 2 atom stereocenters. The minimum Gasteiger partial charge on any atom is -0.465 e. The Morgan fingerprint density at radius 1 is 1.14 bits per heavy atom. The van der Waals surface area contributed by atoms with Crippen molar-refractivity contribution in [1.29, 1.82) is 0 Å². The second kappa shape index (κ2) is 9.45. The van der Waals surface area contributed by atoms with Crippen LogP contribution >= 0.6 is 11.6 Å². The Hall–Kier alpha value is -2.60. The SMILES string of the molecule is CC1=NC2=C(C(c3c(F)cccc3Cl)C1C(=O)OCCCO)S(=O)(=O)c1ccccc1S(=O)(=O)C2. The topological polar surface area (TPSA) is 127 Å². The van der Waals surface area contributed by atoms with Gasteiger partial charge in [0.05, 0.1) is 32.8 Å². The van der Waals surface area contributed by atoms with E-state index >= 15 is 4.39 Å². The van der Waals surface area contributed by atoms with Crippen LogP contribution in [0.3, 0.4) is 0 Å². The molecule has 0 aromatic heterocycles. The van der Waals surface area contributed by atoms with Crippen molar-refractivity contribution in [1.82, 2.24) is 0 Å². The average molecular weight is 542 g/mol. The highest BCUT2D eigenvalue weighted by atomic mass is 35.5. The Kier molecular flexibility index (Phi) is 6.89. The van der Waals surface area contributed by atoms with Crippen molar-refractivity contribution in [2.45, 2.75) is 29.1 Å². The quantitative estimate of drug-likeness (QED) is 0.455. The van der Waals surface area contributed by atoms with Gasteiger partial charge in [0.1, 0.15) is 11.7 Å². The number of aliphatic imine (C=N–C) groups is 1. The van der Waals surface area contributed by atoms with Crippen LogP contribution in [0.2, 0.25) is 5.02 Å². The lowest BCUT2D eigenvalue weighted by Crippen LogP contribution is -2.37. The van der Waals surface area contributed by atoms with Crippen LogP contribution < -0.4 is 0 Å². The Labute approximate surface area is 206 Å². The van der Waals surface area contributed by atoms with Gasteiger partial charge in [-0.05, 0) is 31.2 Å². The van der Waals surface area contributed by atoms with Crippen LogP contribution in [0.5, 0.6) is 0 Å². The molecule has 186 valence electrons. The monoisotopic (exact) mass is 541 g/mol. The van der Waals surface area contributed by atoms with Gasteiger partial charge < -0.3 is 9.84 Å². The fourth-order valence-electron chi connectivity index (χ4n) is 4.38. The molecule has 0 saturated heterocycles. The number of ether oxygens (including phenoxy) is 1. The van der Waals surface area contributed by atoms with Gasteiger partial charge >= 0.3 is 5.97 Å². The number of hydrogen-bond acceptors (Lipinski definition) is 8. The summed E-state index contributed by atoms with van der Waals surface area (Å²) in [6.45, 7) is 1.01. The number of carbonyl (C=O) groups is 1. The first-order valence-electron chi connectivity index (χ1n) is 10.6. The number of halogens is 2. The minimum atomic E-state index is -4.58. The van der Waals surface area contributed by atoms with Crippen molar-refractivity contribution in [2.75, 3.05) is 19.0 Å². The third kappa shape index (κ3) is 4.42. The van der Waals surface area contributed by atoms with Gasteiger partial charge in [-0.15, -0.1) is 0 Å². The fraction of sp³-hybridized carbons (Fsp3) is 0.304. The van der Waals surface area contributed by atoms with Gasteiger partial charge in [0.2, 0.25) is 9.84 Å². The van der Waals surface area contributed by atoms with Crippen molar-refractivity contribution < 1.29 is 35.9 Å². The molecule has 2 aliphatic rings. The van der Waals surface area contributed by atoms with Gasteiger partial charge in [-0.1, -0.05) is 29.8 Å². The Bertz CT molecular complexity index is 1460. The van der Waals surface area contributed by atoms with E-state index in [1.54, 1.807) is 0 Å². The number of esters is 1. The molecule has 0 spiro atoms. The number of nitrogens with zero attached hydrogens (tertiary/aromatic N) is 1. The second-order valence-electron chi connectivity index (χ2n) is 8.11. The van der Waals surface area contributed by atoms with Gasteiger partial charge in [-0.2, -0.15) is 0 Å². The molecule has 0 fully saturated rings. The van der Waals surface area contributed by atoms with Crippen LogP contribution in [0.4, 0.5) is 4.39 Å². The number of benzene rings is 2. The molecule has 8 nitrogen and oxygen atoms in total. The Balaban J connectivity index is 2.04. The van der Waals surface area contributed by atoms with E-state index in [4.69, 9.17) is 21.4 Å². The summed E-state index contributed by atoms with van der Waals surface area (Å²) in [5, 5.41) is 8.88. The van der Waals surface area contributed by atoms with Crippen LogP contribution in [-0.2, 0) is 29.2 Å². The standard InChI is InChI=1S/C23H21ClFNO7S2/c1-13-19(23(28)33-11-5-10-27)21(20-14(24)6-4-7-15(20)25)22-16(26-13)12-34(29,30)17-8-2-3-9-18(17)35(22,31)32/h2-4,6-9,19,21,27H,5,10-12H2,1H3. The number of aliphatic hydroxyl groups is 1. The highest BCUT2D eigenvalue weighted by Gasteiger charge is 2.49. The summed E-state index contributed by atoms with van der Waals surface area (Å²) in [4.78, 5) is 16.0. The molecule has 2 aromatic carbocycles. The predicted octanol–water partition coefficient (Wildman–Crippen LogP) is 3.05. The molecule has 0 saturated carbocycles. The van der Waals surface area contributed by atoms with Crippen molar-refractivity contribution >= 4 is 43.0 Å². The molecule has 0 radical (unpaired) electrons. The van der Waals surface area contributed by atoms with E-state index in [1.807, 2.05) is 0 Å². The highest BCUT2D eigenvalue weighted by Crippen LogP contribution is 2.49. The largest absolute Gasteiger partial charge is 0.465 e. The van der Waals surface area contributed by atoms with Gasteiger partial charge in [-0.3, -0.25) is 9.79 Å². The zero-order valence-corrected chi connectivity index (χ0v) is 20.8. The van der Waals surface area contributed by atoms with Crippen LogP contribution in [-0.4, -0.2) is 52.6 Å². The molecule has 2 unspecified atom stereocenters. The number of allylic oxidation sites excluding steroid dienone is 1. The first-order valence-corrected chi connectivity index (χ1v) is 14.1. The average Bonchev–Trinajstić information content (AvgIpc) is 2.84. The van der Waals surface area contributed by atoms with E-state index in [9.17, 15) is 21.6 Å². The number of hydrogen-bond donors (Lipinski definition) is 1. The van der Waals surface area contributed by atoms with Crippen LogP contribution in [0, 0.1) is 11.7 Å². The molecule has 0 bridgehead atoms. The molecular formula is C23H21ClFNO7S2. The van der Waals surface area contributed by atoms with E-state index in [-0.39, 0.29) is 41.6 Å². The van der Waals surface area contributed by atoms with Crippen molar-refractivity contribution in [3.63, 3.8) is 0 Å². The number of sulfone groups is 2. The maximum atomic E-state index is 15.2. The van der Waals surface area contributed by atoms with Gasteiger partial charge in [0, 0.05) is 35.2 Å². The first kappa shape index (κ1) is 25.5. The maximum Gasteiger partial charge on any atom is 0.315 e. The third-order valence-corrected chi connectivity index (χ3v) is 10.0. The van der Waals surface area contributed by atoms with Crippen molar-refractivity contribution in [3.8, 4) is 0 Å². The summed E-state index contributed by atoms with van der Waals surface area (Å²) < 4.78 is 74.6. The molecule has 4 rings (SSSR count). The molecule has 2 aromatic rings. The lowest BCUT2D eigenvalue weighted by molar-refractivity contribution is -0.146. The van der Waals surface area contributed by atoms with E-state index in [0.29, 0.717) is 0 Å². The molecule has 0 amide bonds. The maximum absolute atomic E-state index is 15.2. The zero-order valence-electron chi connectivity index (χ0n) is 18.4. The number of fused-ring (bicyclic) bond motifs is 1. The fourth-order valence-corrected chi connectivity index (χ4v) is 8.70. The predicted molar refractivity (Wildman–Crippen MR) is 126 cm³/mol. The van der Waals surface area contributed by atoms with E-state index in [1.165, 1.54) is 37.3 Å². The summed E-state index contributed by atoms with van der Waals surface area (Å²) in [5.74, 6) is -5.45. The van der Waals surface area contributed by atoms with E-state index in [2.05, 4.69) is 4.99 Å². The summed E-state index contributed by atoms with van der Waals surface area (Å²) in [6.07, 6.45) is 0.137. The minimum absolute atomic E-state index is 0.0541. The molecular weight excluding hydrogens is 521 g/mol. The summed E-state index contributed by atoms with van der Waals surface area (Å²) in [7, 11) is -8.72. The van der Waals surface area contributed by atoms with Gasteiger partial charge in [0.15, 0.2) is 9.84 Å². The number of aliphatic hydroxyl groups excluding tert-OH is 1. The molecule has 0 aliphatic carbocycles.